The van der Waals surface area contributed by atoms with Crippen LogP contribution < -0.4 is 10.2 Å². The Kier molecular flexibility index (Phi) is 5.56. The highest BCUT2D eigenvalue weighted by atomic mass is 16.6. The molecule has 0 saturated carbocycles. The molecule has 3 heterocycles. The molecule has 1 aliphatic heterocycles. The lowest BCUT2D eigenvalue weighted by atomic mass is 10.0. The van der Waals surface area contributed by atoms with Crippen LogP contribution in [-0.4, -0.2) is 38.7 Å². The van der Waals surface area contributed by atoms with E-state index in [4.69, 9.17) is 4.74 Å². The van der Waals surface area contributed by atoms with Gasteiger partial charge in [0.2, 0.25) is 5.95 Å². The van der Waals surface area contributed by atoms with E-state index in [2.05, 4.69) is 51.2 Å². The van der Waals surface area contributed by atoms with Crippen LogP contribution in [0.15, 0.2) is 55.2 Å². The summed E-state index contributed by atoms with van der Waals surface area (Å²) in [5, 5.41) is 3.31. The zero-order chi connectivity index (χ0) is 21.1. The second-order valence-corrected chi connectivity index (χ2v) is 7.61. The van der Waals surface area contributed by atoms with Crippen molar-refractivity contribution in [1.82, 2.24) is 19.9 Å². The number of carbonyl (C=O) groups is 1. The fourth-order valence-corrected chi connectivity index (χ4v) is 3.43. The summed E-state index contributed by atoms with van der Waals surface area (Å²) in [7, 11) is 0. The number of hydrogen-bond acceptors (Lipinski definition) is 7. The number of cyclic esters (lactones) is 1. The number of rotatable bonds is 6. The summed E-state index contributed by atoms with van der Waals surface area (Å²) in [6.45, 7) is 6.54. The summed E-state index contributed by atoms with van der Waals surface area (Å²) in [4.78, 5) is 30.8. The third-order valence-corrected chi connectivity index (χ3v) is 5.21. The zero-order valence-electron chi connectivity index (χ0n) is 17.2. The smallest absolute Gasteiger partial charge is 0.415 e. The fourth-order valence-electron chi connectivity index (χ4n) is 3.43. The van der Waals surface area contributed by atoms with Gasteiger partial charge < -0.3 is 10.1 Å². The normalized spacial score (nSPS) is 17.1. The number of carbonyl (C=O) groups excluding carboxylic acids is 1. The molecule has 154 valence electrons. The second-order valence-electron chi connectivity index (χ2n) is 7.61. The third kappa shape index (κ3) is 4.07. The maximum absolute atomic E-state index is 12.2. The first kappa shape index (κ1) is 19.8. The number of benzene rings is 1. The first-order valence-electron chi connectivity index (χ1n) is 9.94. The van der Waals surface area contributed by atoms with Crippen molar-refractivity contribution in [3.05, 3.63) is 60.8 Å². The molecule has 2 aromatic heterocycles. The molecule has 0 spiro atoms. The van der Waals surface area contributed by atoms with Crippen LogP contribution in [-0.2, 0) is 4.74 Å². The van der Waals surface area contributed by atoms with E-state index in [1.807, 2.05) is 19.1 Å². The van der Waals surface area contributed by atoms with Gasteiger partial charge in [-0.25, -0.2) is 19.7 Å². The molecular formula is C22H24N6O2. The molecule has 0 radical (unpaired) electrons. The van der Waals surface area contributed by atoms with Gasteiger partial charge >= 0.3 is 6.09 Å². The Morgan fingerprint density at radius 1 is 1.07 bits per heavy atom. The number of amides is 1. The molecule has 8 heteroatoms. The lowest BCUT2D eigenvalue weighted by Crippen LogP contribution is -2.37. The SMILES string of the molecule is CC(Nc1nccc(N2C(=O)OCC2C(C)C)n1)c1ccc(-c2cncnc2)cc1. The molecule has 1 fully saturated rings. The summed E-state index contributed by atoms with van der Waals surface area (Å²) in [6, 6.07) is 9.86. The van der Waals surface area contributed by atoms with Crippen LogP contribution in [0.25, 0.3) is 11.1 Å². The van der Waals surface area contributed by atoms with Crippen LogP contribution in [0.5, 0.6) is 0 Å². The molecular weight excluding hydrogens is 380 g/mol. The van der Waals surface area contributed by atoms with Crippen LogP contribution in [0.1, 0.15) is 32.4 Å². The predicted octanol–water partition coefficient (Wildman–Crippen LogP) is 4.09. The van der Waals surface area contributed by atoms with Crippen LogP contribution >= 0.6 is 0 Å². The molecule has 0 aliphatic carbocycles. The van der Waals surface area contributed by atoms with E-state index < -0.39 is 0 Å². The molecule has 3 aromatic rings. The topological polar surface area (TPSA) is 93.1 Å². The Morgan fingerprint density at radius 2 is 1.80 bits per heavy atom. The van der Waals surface area contributed by atoms with Crippen molar-refractivity contribution in [2.75, 3.05) is 16.8 Å². The molecule has 8 nitrogen and oxygen atoms in total. The van der Waals surface area contributed by atoms with Gasteiger partial charge in [0.15, 0.2) is 0 Å². The zero-order valence-corrected chi connectivity index (χ0v) is 17.2. The fraction of sp³-hybridized carbons (Fsp3) is 0.318. The lowest BCUT2D eigenvalue weighted by Gasteiger charge is -2.23. The molecule has 1 N–H and O–H groups in total. The molecule has 4 rings (SSSR count). The van der Waals surface area contributed by atoms with Crippen molar-refractivity contribution < 1.29 is 9.53 Å². The number of aromatic nitrogens is 4. The van der Waals surface area contributed by atoms with Gasteiger partial charge in [-0.15, -0.1) is 0 Å². The summed E-state index contributed by atoms with van der Waals surface area (Å²) < 4.78 is 5.23. The van der Waals surface area contributed by atoms with Gasteiger partial charge in [0.1, 0.15) is 18.8 Å². The van der Waals surface area contributed by atoms with Gasteiger partial charge in [0.25, 0.3) is 0 Å². The van der Waals surface area contributed by atoms with Crippen molar-refractivity contribution in [2.45, 2.75) is 32.9 Å². The highest BCUT2D eigenvalue weighted by Gasteiger charge is 2.37. The van der Waals surface area contributed by atoms with Gasteiger partial charge in [0.05, 0.1) is 12.1 Å². The monoisotopic (exact) mass is 404 g/mol. The summed E-state index contributed by atoms with van der Waals surface area (Å²) >= 11 is 0. The minimum Gasteiger partial charge on any atom is -0.447 e. The average Bonchev–Trinajstić information content (AvgIpc) is 3.16. The Hall–Kier alpha value is -3.55. The van der Waals surface area contributed by atoms with Gasteiger partial charge in [-0.1, -0.05) is 38.1 Å². The molecule has 1 aromatic carbocycles. The van der Waals surface area contributed by atoms with E-state index in [1.165, 1.54) is 6.33 Å². The highest BCUT2D eigenvalue weighted by Crippen LogP contribution is 2.27. The van der Waals surface area contributed by atoms with Gasteiger partial charge in [-0.3, -0.25) is 4.90 Å². The van der Waals surface area contributed by atoms with Crippen LogP contribution in [0.3, 0.4) is 0 Å². The molecule has 2 atom stereocenters. The maximum Gasteiger partial charge on any atom is 0.415 e. The average molecular weight is 404 g/mol. The van der Waals surface area contributed by atoms with Crippen LogP contribution in [0.4, 0.5) is 16.6 Å². The van der Waals surface area contributed by atoms with Crippen molar-refractivity contribution in [3.8, 4) is 11.1 Å². The number of nitrogens with zero attached hydrogens (tertiary/aromatic N) is 5. The van der Waals surface area contributed by atoms with E-state index in [1.54, 1.807) is 29.6 Å². The molecule has 1 amide bonds. The number of ether oxygens (including phenoxy) is 1. The Bertz CT molecular complexity index is 1010. The van der Waals surface area contributed by atoms with Gasteiger partial charge in [0, 0.05) is 24.2 Å². The predicted molar refractivity (Wildman–Crippen MR) is 114 cm³/mol. The summed E-state index contributed by atoms with van der Waals surface area (Å²) in [5.74, 6) is 1.26. The second kappa shape index (κ2) is 8.44. The van der Waals surface area contributed by atoms with E-state index in [-0.39, 0.29) is 24.1 Å². The molecule has 1 aliphatic rings. The lowest BCUT2D eigenvalue weighted by molar-refractivity contribution is 0.177. The molecule has 1 saturated heterocycles. The van der Waals surface area contributed by atoms with E-state index in [9.17, 15) is 4.79 Å². The molecule has 2 unspecified atom stereocenters. The Labute approximate surface area is 175 Å². The van der Waals surface area contributed by atoms with Gasteiger partial charge in [-0.2, -0.15) is 4.98 Å². The van der Waals surface area contributed by atoms with Crippen LogP contribution in [0, 0.1) is 5.92 Å². The minimum absolute atomic E-state index is 0.0206. The van der Waals surface area contributed by atoms with E-state index in [0.717, 1.165) is 16.7 Å². The third-order valence-electron chi connectivity index (χ3n) is 5.21. The maximum atomic E-state index is 12.2. The van der Waals surface area contributed by atoms with Crippen LogP contribution in [0.2, 0.25) is 0 Å². The molecule has 30 heavy (non-hydrogen) atoms. The van der Waals surface area contributed by atoms with Crippen molar-refractivity contribution in [1.29, 1.82) is 0 Å². The van der Waals surface area contributed by atoms with Crippen molar-refractivity contribution >= 4 is 17.9 Å². The van der Waals surface area contributed by atoms with E-state index in [0.29, 0.717) is 18.4 Å². The molecule has 0 bridgehead atoms. The highest BCUT2D eigenvalue weighted by molar-refractivity contribution is 5.89. The first-order valence-corrected chi connectivity index (χ1v) is 9.94. The van der Waals surface area contributed by atoms with Crippen molar-refractivity contribution in [3.63, 3.8) is 0 Å². The van der Waals surface area contributed by atoms with Crippen molar-refractivity contribution in [2.24, 2.45) is 5.92 Å². The Morgan fingerprint density at radius 3 is 2.50 bits per heavy atom. The first-order chi connectivity index (χ1) is 14.5. The number of hydrogen-bond donors (Lipinski definition) is 1. The quantitative estimate of drug-likeness (QED) is 0.661. The van der Waals surface area contributed by atoms with Gasteiger partial charge in [-0.05, 0) is 30.0 Å². The Balaban J connectivity index is 1.49. The largest absolute Gasteiger partial charge is 0.447 e. The summed E-state index contributed by atoms with van der Waals surface area (Å²) in [6.07, 6.45) is 6.38. The number of anilines is 2. The minimum atomic E-state index is -0.369. The standard InChI is InChI=1S/C22H24N6O2/c1-14(2)19-12-30-22(29)28(19)20-8-9-25-21(27-20)26-15(3)16-4-6-17(7-5-16)18-10-23-13-24-11-18/h4-11,13-15,19H,12H2,1-3H3,(H,25,26,27). The summed E-state index contributed by atoms with van der Waals surface area (Å²) in [5.41, 5.74) is 3.11. The van der Waals surface area contributed by atoms with E-state index >= 15 is 0 Å². The number of nitrogens with one attached hydrogen (secondary N) is 1.